The zero-order valence-electron chi connectivity index (χ0n) is 18.7. The Hall–Kier alpha value is -0.0200. The molecule has 2 aliphatic rings. The molecule has 0 spiro atoms. The third-order valence-electron chi connectivity index (χ3n) is 4.33. The van der Waals surface area contributed by atoms with Gasteiger partial charge in [0, 0.05) is 112 Å². The largest absolute Gasteiger partial charge is 0.358 e. The minimum atomic E-state index is 0. The van der Waals surface area contributed by atoms with Gasteiger partial charge in [0.15, 0.2) is 0 Å². The molecule has 248 valence electrons. The average molecular weight is 974 g/mol. The van der Waals surface area contributed by atoms with E-state index in [9.17, 15) is 0 Å². The van der Waals surface area contributed by atoms with Crippen molar-refractivity contribution in [2.45, 2.75) is 58.7 Å². The minimum Gasteiger partial charge on any atom is -0.358 e. The van der Waals surface area contributed by atoms with Crippen molar-refractivity contribution >= 4 is 92.0 Å². The summed E-state index contributed by atoms with van der Waals surface area (Å²) in [6.07, 6.45) is 19.6. The Bertz CT molecular complexity index is 702. The van der Waals surface area contributed by atoms with Gasteiger partial charge in [-0.05, 0) is 0 Å². The summed E-state index contributed by atoms with van der Waals surface area (Å²) in [6.45, 7) is 5.87. The predicted octanol–water partition coefficient (Wildman–Crippen LogP) is 10.3. The van der Waals surface area contributed by atoms with E-state index in [2.05, 4.69) is 146 Å². The Balaban J connectivity index is -0.0000000855. The molecule has 0 radical (unpaired) electrons. The number of rotatable bonds is 9. The molecule has 0 bridgehead atoms. The van der Waals surface area contributed by atoms with Crippen LogP contribution in [0.2, 0.25) is 0 Å². The van der Waals surface area contributed by atoms with Gasteiger partial charge in [0.05, 0.1) is 32.7 Å². The Morgan fingerprint density at radius 1 is 0.488 bits per heavy atom. The first-order valence-electron chi connectivity index (χ1n) is 10.3. The fraction of sp³-hybridized carbons (Fsp3) is 0.630. The standard InChI is InChI=1S/C11H18Br2N4.C7H8N4.C2H4Br2.7CH4.Br2/c12-1-3-14-5-7-16(9-14)11-17-8-6-15(10-17)4-2-13;1-3-10(5-8-1)7-11-4-2-9-6-11;3-1-2-4;;;;;;;;1-2/h5-8H,1-4,9-11H2;1-6H,7H2;1-2H2;7*1H4;. The second-order valence-electron chi connectivity index (χ2n) is 6.87. The molecule has 0 unspecified atom stereocenters. The monoisotopic (exact) mass is 968 g/mol. The van der Waals surface area contributed by atoms with Crippen LogP contribution in [0.5, 0.6) is 0 Å². The molecule has 0 saturated carbocycles. The van der Waals surface area contributed by atoms with Crippen LogP contribution in [-0.2, 0) is 6.67 Å². The number of hydrogen-bond donors (Lipinski definition) is 0. The fourth-order valence-corrected chi connectivity index (χ4v) is 3.80. The molecule has 2 aromatic heterocycles. The SMILES string of the molecule is BrBr.BrCCBr.BrCCN1C=CN(CN2C=CN(CCBr)C2)C1.C.C.C.C.C.C.C.c1cn(Cn2ccnc2)cn1. The highest BCUT2D eigenvalue weighted by Crippen LogP contribution is 2.12. The van der Waals surface area contributed by atoms with Crippen LogP contribution in [0.25, 0.3) is 0 Å². The van der Waals surface area contributed by atoms with Crippen molar-refractivity contribution in [1.29, 1.82) is 0 Å². The lowest BCUT2D eigenvalue weighted by Gasteiger charge is -2.27. The third-order valence-corrected chi connectivity index (χ3v) is 6.89. The van der Waals surface area contributed by atoms with Crippen LogP contribution < -0.4 is 0 Å². The average Bonchev–Trinajstić information content (AvgIpc) is 3.67. The second kappa shape index (κ2) is 38.0. The van der Waals surface area contributed by atoms with Crippen LogP contribution in [-0.4, -0.2) is 93.1 Å². The Kier molecular flexibility index (Phi) is 52.6. The summed E-state index contributed by atoms with van der Waals surface area (Å²) in [7, 11) is 0. The van der Waals surface area contributed by atoms with Gasteiger partial charge in [-0.25, -0.2) is 9.97 Å². The number of aromatic nitrogens is 4. The van der Waals surface area contributed by atoms with Gasteiger partial charge >= 0.3 is 0 Å². The molecule has 4 heterocycles. The number of hydrogen-bond acceptors (Lipinski definition) is 6. The van der Waals surface area contributed by atoms with Gasteiger partial charge in [0.25, 0.3) is 0 Å². The maximum Gasteiger partial charge on any atom is 0.101 e. The van der Waals surface area contributed by atoms with Crippen LogP contribution in [0.4, 0.5) is 0 Å². The number of halogens is 6. The van der Waals surface area contributed by atoms with E-state index in [-0.39, 0.29) is 52.0 Å². The molecule has 0 aliphatic carbocycles. The maximum atomic E-state index is 3.93. The van der Waals surface area contributed by atoms with Gasteiger partial charge < -0.3 is 28.7 Å². The molecule has 14 heteroatoms. The smallest absolute Gasteiger partial charge is 0.101 e. The van der Waals surface area contributed by atoms with Crippen molar-refractivity contribution in [2.24, 2.45) is 0 Å². The summed E-state index contributed by atoms with van der Waals surface area (Å²) >= 11 is 18.8. The highest BCUT2D eigenvalue weighted by molar-refractivity contribution is 9.93. The van der Waals surface area contributed by atoms with E-state index in [1.807, 2.05) is 21.5 Å². The lowest BCUT2D eigenvalue weighted by atomic mass is 10.6. The number of alkyl halides is 4. The molecule has 2 aliphatic heterocycles. The highest BCUT2D eigenvalue weighted by atomic mass is 80.9. The molecule has 0 aromatic carbocycles. The molecule has 8 nitrogen and oxygen atoms in total. The molecular weight excluding hydrogens is 916 g/mol. The maximum absolute atomic E-state index is 3.93. The first-order chi connectivity index (χ1) is 16.7. The van der Waals surface area contributed by atoms with Crippen LogP contribution in [0.3, 0.4) is 0 Å². The van der Waals surface area contributed by atoms with E-state index in [4.69, 9.17) is 0 Å². The second-order valence-corrected chi connectivity index (χ2v) is 10.0. The van der Waals surface area contributed by atoms with Crippen LogP contribution >= 0.6 is 92.0 Å². The normalized spacial score (nSPS) is 11.5. The quantitative estimate of drug-likeness (QED) is 0.234. The summed E-state index contributed by atoms with van der Waals surface area (Å²) in [5.74, 6) is 0. The summed E-state index contributed by atoms with van der Waals surface area (Å²) in [5, 5.41) is 4.14. The molecule has 0 N–H and O–H groups in total. The van der Waals surface area contributed by atoms with Gasteiger partial charge in [0.1, 0.15) is 6.67 Å². The zero-order valence-corrected chi connectivity index (χ0v) is 28.2. The topological polar surface area (TPSA) is 48.6 Å². The summed E-state index contributed by atoms with van der Waals surface area (Å²) in [4.78, 5) is 17.1. The van der Waals surface area contributed by atoms with E-state index in [1.54, 1.807) is 25.0 Å². The molecule has 0 saturated heterocycles. The Morgan fingerprint density at radius 3 is 1.10 bits per heavy atom. The van der Waals surface area contributed by atoms with E-state index in [0.717, 1.165) is 61.1 Å². The van der Waals surface area contributed by atoms with Crippen LogP contribution in [0, 0.1) is 0 Å². The lowest BCUT2D eigenvalue weighted by Crippen LogP contribution is -2.36. The van der Waals surface area contributed by atoms with Crippen LogP contribution in [0.1, 0.15) is 52.0 Å². The first-order valence-corrected chi connectivity index (χ1v) is 18.5. The van der Waals surface area contributed by atoms with Crippen molar-refractivity contribution in [3.63, 3.8) is 0 Å². The molecule has 41 heavy (non-hydrogen) atoms. The highest BCUT2D eigenvalue weighted by Gasteiger charge is 2.16. The van der Waals surface area contributed by atoms with Crippen molar-refractivity contribution in [3.8, 4) is 0 Å². The van der Waals surface area contributed by atoms with E-state index in [1.165, 1.54) is 0 Å². The van der Waals surface area contributed by atoms with Crippen LogP contribution in [0.15, 0.2) is 62.2 Å². The van der Waals surface area contributed by atoms with Crippen molar-refractivity contribution < 1.29 is 0 Å². The predicted molar refractivity (Wildman–Crippen MR) is 210 cm³/mol. The number of nitrogens with zero attached hydrogens (tertiary/aromatic N) is 8. The fourth-order valence-electron chi connectivity index (χ4n) is 2.89. The van der Waals surface area contributed by atoms with Gasteiger partial charge in [-0.1, -0.05) is 116 Å². The molecule has 4 rings (SSSR count). The summed E-state index contributed by atoms with van der Waals surface area (Å²) in [5.41, 5.74) is 0. The van der Waals surface area contributed by atoms with E-state index < -0.39 is 0 Å². The van der Waals surface area contributed by atoms with Gasteiger partial charge in [-0.2, -0.15) is 0 Å². The Morgan fingerprint density at radius 2 is 0.829 bits per heavy atom. The molecular formula is C27H58Br6N8. The van der Waals surface area contributed by atoms with E-state index >= 15 is 0 Å². The molecule has 0 amide bonds. The zero-order chi connectivity index (χ0) is 25.0. The number of imidazole rings is 2. The van der Waals surface area contributed by atoms with Crippen molar-refractivity contribution in [2.75, 3.05) is 54.4 Å². The van der Waals surface area contributed by atoms with Crippen molar-refractivity contribution in [1.82, 2.24) is 38.7 Å². The Labute approximate surface area is 303 Å². The molecule has 0 atom stereocenters. The van der Waals surface area contributed by atoms with Gasteiger partial charge in [-0.15, -0.1) is 0 Å². The minimum absolute atomic E-state index is 0. The first kappa shape index (κ1) is 56.7. The third kappa shape index (κ3) is 26.1. The van der Waals surface area contributed by atoms with Crippen molar-refractivity contribution in [3.05, 3.63) is 62.2 Å². The molecule has 0 fully saturated rings. The summed E-state index contributed by atoms with van der Waals surface area (Å²) in [6, 6.07) is 0. The van der Waals surface area contributed by atoms with E-state index in [0.29, 0.717) is 0 Å². The molecule has 2 aromatic rings. The summed E-state index contributed by atoms with van der Waals surface area (Å²) < 4.78 is 3.95. The van der Waals surface area contributed by atoms with Gasteiger partial charge in [-0.3, -0.25) is 0 Å². The lowest BCUT2D eigenvalue weighted by molar-refractivity contribution is 0.168. The van der Waals surface area contributed by atoms with Gasteiger partial charge in [0.2, 0.25) is 0 Å².